The molecule has 0 atom stereocenters. The van der Waals surface area contributed by atoms with E-state index < -0.39 is 0 Å². The van der Waals surface area contributed by atoms with Gasteiger partial charge in [-0.05, 0) is 15.9 Å². The Bertz CT molecular complexity index is 419. The van der Waals surface area contributed by atoms with E-state index in [-0.39, 0.29) is 39.1 Å². The Morgan fingerprint density at radius 3 is 2.71 bits per heavy atom. The number of ether oxygens (including phenoxy) is 2. The fourth-order valence-electron chi connectivity index (χ4n) is 1.18. The minimum absolute atomic E-state index is 0.0312. The van der Waals surface area contributed by atoms with Crippen molar-refractivity contribution in [2.24, 2.45) is 0 Å². The molecule has 0 saturated carbocycles. The molecule has 0 radical (unpaired) electrons. The van der Waals surface area contributed by atoms with Crippen molar-refractivity contribution >= 4 is 33.8 Å². The molecule has 0 saturated heterocycles. The maximum absolute atomic E-state index is 10.7. The van der Waals surface area contributed by atoms with Gasteiger partial charge in [0.05, 0.1) is 15.1 Å². The van der Waals surface area contributed by atoms with Gasteiger partial charge in [0.25, 0.3) is 0 Å². The highest BCUT2D eigenvalue weighted by Gasteiger charge is 2.27. The summed E-state index contributed by atoms with van der Waals surface area (Å²) in [5.74, 6) is 0.169. The highest BCUT2D eigenvalue weighted by atomic mass is 79.9. The molecule has 0 amide bonds. The monoisotopic (exact) mass is 278 g/mol. The van der Waals surface area contributed by atoms with E-state index in [1.165, 1.54) is 0 Å². The average Bonchev–Trinajstić information content (AvgIpc) is 2.64. The van der Waals surface area contributed by atoms with Crippen molar-refractivity contribution < 1.29 is 19.4 Å². The van der Waals surface area contributed by atoms with E-state index >= 15 is 0 Å². The molecule has 1 aliphatic rings. The van der Waals surface area contributed by atoms with Crippen LogP contribution in [0.3, 0.4) is 0 Å². The number of aromatic hydroxyl groups is 1. The predicted molar refractivity (Wildman–Crippen MR) is 52.3 cm³/mol. The van der Waals surface area contributed by atoms with E-state index in [0.29, 0.717) is 6.29 Å². The molecule has 6 heteroatoms. The summed E-state index contributed by atoms with van der Waals surface area (Å²) in [5, 5.41) is 9.68. The minimum Gasteiger partial charge on any atom is -0.503 e. The number of aldehydes is 1. The number of hydrogen-bond acceptors (Lipinski definition) is 4. The van der Waals surface area contributed by atoms with E-state index in [9.17, 15) is 9.90 Å². The molecule has 2 rings (SSSR count). The van der Waals surface area contributed by atoms with Crippen LogP contribution in [0.4, 0.5) is 0 Å². The first-order valence-electron chi connectivity index (χ1n) is 3.61. The Morgan fingerprint density at radius 2 is 2.07 bits per heavy atom. The first-order valence-corrected chi connectivity index (χ1v) is 4.78. The third-order valence-corrected chi connectivity index (χ3v) is 3.22. The minimum atomic E-state index is -0.159. The van der Waals surface area contributed by atoms with Crippen LogP contribution in [0.25, 0.3) is 0 Å². The van der Waals surface area contributed by atoms with Gasteiger partial charge in [-0.3, -0.25) is 4.79 Å². The van der Waals surface area contributed by atoms with E-state index in [1.54, 1.807) is 0 Å². The van der Waals surface area contributed by atoms with Crippen LogP contribution in [-0.2, 0) is 0 Å². The van der Waals surface area contributed by atoms with Crippen LogP contribution in [0.1, 0.15) is 10.4 Å². The van der Waals surface area contributed by atoms with E-state index in [0.717, 1.165) is 0 Å². The molecular formula is C8H4BrClO4. The number of rotatable bonds is 1. The highest BCUT2D eigenvalue weighted by Crippen LogP contribution is 2.50. The molecule has 1 aliphatic heterocycles. The third kappa shape index (κ3) is 1.16. The molecule has 1 aromatic rings. The Morgan fingerprint density at radius 1 is 1.43 bits per heavy atom. The SMILES string of the molecule is O=Cc1c(Cl)c(Br)c(O)c2c1OCO2. The van der Waals surface area contributed by atoms with Gasteiger partial charge in [-0.2, -0.15) is 0 Å². The van der Waals surface area contributed by atoms with E-state index in [2.05, 4.69) is 15.9 Å². The Hall–Kier alpha value is -0.940. The lowest BCUT2D eigenvalue weighted by Gasteiger charge is -2.06. The van der Waals surface area contributed by atoms with E-state index in [4.69, 9.17) is 21.1 Å². The summed E-state index contributed by atoms with van der Waals surface area (Å²) in [6.45, 7) is -0.0312. The summed E-state index contributed by atoms with van der Waals surface area (Å²) in [5.41, 5.74) is 0.170. The predicted octanol–water partition coefficient (Wildman–Crippen LogP) is 2.35. The molecule has 1 heterocycles. The summed E-state index contributed by atoms with van der Waals surface area (Å²) in [7, 11) is 0. The van der Waals surface area contributed by atoms with Gasteiger partial charge in [0, 0.05) is 0 Å². The molecule has 14 heavy (non-hydrogen) atoms. The number of carbonyl (C=O) groups excluding carboxylic acids is 1. The van der Waals surface area contributed by atoms with Crippen LogP contribution in [0.5, 0.6) is 17.2 Å². The zero-order chi connectivity index (χ0) is 10.3. The lowest BCUT2D eigenvalue weighted by atomic mass is 10.2. The Kier molecular flexibility index (Phi) is 2.28. The topological polar surface area (TPSA) is 55.8 Å². The number of fused-ring (bicyclic) bond motifs is 1. The molecule has 0 aliphatic carbocycles. The number of phenolic OH excluding ortho intramolecular Hbond substituents is 1. The van der Waals surface area contributed by atoms with Crippen LogP contribution in [0.15, 0.2) is 4.47 Å². The van der Waals surface area contributed by atoms with Crippen molar-refractivity contribution in [3.8, 4) is 17.2 Å². The quantitative estimate of drug-likeness (QED) is 0.802. The smallest absolute Gasteiger partial charge is 0.231 e. The molecule has 74 valence electrons. The van der Waals surface area contributed by atoms with Gasteiger partial charge < -0.3 is 14.6 Å². The van der Waals surface area contributed by atoms with Crippen LogP contribution in [0.2, 0.25) is 5.02 Å². The van der Waals surface area contributed by atoms with Gasteiger partial charge in [0.1, 0.15) is 0 Å². The Labute approximate surface area is 92.5 Å². The molecule has 1 aromatic carbocycles. The molecule has 0 unspecified atom stereocenters. The second-order valence-electron chi connectivity index (χ2n) is 2.57. The van der Waals surface area contributed by atoms with Gasteiger partial charge in [-0.1, -0.05) is 11.6 Å². The van der Waals surface area contributed by atoms with Gasteiger partial charge in [-0.15, -0.1) is 0 Å². The summed E-state index contributed by atoms with van der Waals surface area (Å²) >= 11 is 8.86. The number of halogens is 2. The number of hydrogen-bond donors (Lipinski definition) is 1. The summed E-state index contributed by atoms with van der Waals surface area (Å²) < 4.78 is 10.2. The largest absolute Gasteiger partial charge is 0.503 e. The van der Waals surface area contributed by atoms with Crippen LogP contribution in [-0.4, -0.2) is 18.2 Å². The zero-order valence-electron chi connectivity index (χ0n) is 6.71. The molecule has 0 fully saturated rings. The zero-order valence-corrected chi connectivity index (χ0v) is 9.05. The molecular weight excluding hydrogens is 275 g/mol. The summed E-state index contributed by atoms with van der Waals surface area (Å²) in [6.07, 6.45) is 0.556. The van der Waals surface area contributed by atoms with Crippen LogP contribution >= 0.6 is 27.5 Å². The normalized spacial score (nSPS) is 13.0. The van der Waals surface area contributed by atoms with Gasteiger partial charge in [0.2, 0.25) is 12.5 Å². The second kappa shape index (κ2) is 3.33. The fraction of sp³-hybridized carbons (Fsp3) is 0.125. The summed E-state index contributed by atoms with van der Waals surface area (Å²) in [6, 6.07) is 0. The van der Waals surface area contributed by atoms with Crippen molar-refractivity contribution in [2.45, 2.75) is 0 Å². The molecule has 0 bridgehead atoms. The fourth-order valence-corrected chi connectivity index (χ4v) is 1.79. The molecule has 0 aromatic heterocycles. The van der Waals surface area contributed by atoms with Crippen molar-refractivity contribution in [2.75, 3.05) is 6.79 Å². The van der Waals surface area contributed by atoms with Crippen molar-refractivity contribution in [1.29, 1.82) is 0 Å². The van der Waals surface area contributed by atoms with Crippen molar-refractivity contribution in [1.82, 2.24) is 0 Å². The Balaban J connectivity index is 2.80. The van der Waals surface area contributed by atoms with Crippen LogP contribution in [0, 0.1) is 0 Å². The van der Waals surface area contributed by atoms with Crippen LogP contribution < -0.4 is 9.47 Å². The summed E-state index contributed by atoms with van der Waals surface area (Å²) in [4.78, 5) is 10.7. The lowest BCUT2D eigenvalue weighted by molar-refractivity contribution is 0.111. The highest BCUT2D eigenvalue weighted by molar-refractivity contribution is 9.10. The number of benzene rings is 1. The van der Waals surface area contributed by atoms with Crippen molar-refractivity contribution in [3.63, 3.8) is 0 Å². The number of carbonyl (C=O) groups is 1. The molecule has 1 N–H and O–H groups in total. The maximum atomic E-state index is 10.7. The molecule has 4 nitrogen and oxygen atoms in total. The lowest BCUT2D eigenvalue weighted by Crippen LogP contribution is -1.94. The van der Waals surface area contributed by atoms with E-state index in [1.807, 2.05) is 0 Å². The number of phenols is 1. The average molecular weight is 279 g/mol. The van der Waals surface area contributed by atoms with Gasteiger partial charge in [0.15, 0.2) is 17.8 Å². The van der Waals surface area contributed by atoms with Crippen molar-refractivity contribution in [3.05, 3.63) is 15.1 Å². The molecule has 0 spiro atoms. The first-order chi connectivity index (χ1) is 6.66. The second-order valence-corrected chi connectivity index (χ2v) is 3.74. The van der Waals surface area contributed by atoms with Gasteiger partial charge >= 0.3 is 0 Å². The third-order valence-electron chi connectivity index (χ3n) is 1.83. The standard InChI is InChI=1S/C8H4BrClO4/c9-4-5(10)3(1-11)7-8(6(4)12)14-2-13-7/h1,12H,2H2. The maximum Gasteiger partial charge on any atom is 0.231 e. The first kappa shape index (κ1) is 9.61. The van der Waals surface area contributed by atoms with Gasteiger partial charge in [-0.25, -0.2) is 0 Å².